The van der Waals surface area contributed by atoms with Gasteiger partial charge in [0.15, 0.2) is 0 Å². The summed E-state index contributed by atoms with van der Waals surface area (Å²) in [6.45, 7) is 0.173. The van der Waals surface area contributed by atoms with Crippen molar-refractivity contribution >= 4 is 11.6 Å². The molecule has 0 spiro atoms. The number of halogens is 1. The molecular formula is C8H12ClN3O2. The van der Waals surface area contributed by atoms with Crippen molar-refractivity contribution in [3.8, 4) is 6.01 Å². The highest BCUT2D eigenvalue weighted by Gasteiger charge is 2.15. The number of ether oxygens (including phenoxy) is 1. The van der Waals surface area contributed by atoms with E-state index >= 15 is 0 Å². The zero-order valence-corrected chi connectivity index (χ0v) is 8.53. The van der Waals surface area contributed by atoms with E-state index in [0.717, 1.165) is 0 Å². The molecule has 6 heteroatoms. The van der Waals surface area contributed by atoms with Gasteiger partial charge in [-0.3, -0.25) is 0 Å². The third-order valence-corrected chi connectivity index (χ3v) is 2.11. The first-order valence-electron chi connectivity index (χ1n) is 4.10. The van der Waals surface area contributed by atoms with E-state index in [1.165, 1.54) is 13.3 Å². The van der Waals surface area contributed by atoms with Gasteiger partial charge in [0.2, 0.25) is 0 Å². The van der Waals surface area contributed by atoms with Crippen molar-refractivity contribution in [2.24, 2.45) is 5.73 Å². The van der Waals surface area contributed by atoms with E-state index in [-0.39, 0.29) is 25.1 Å². The summed E-state index contributed by atoms with van der Waals surface area (Å²) >= 11 is 5.86. The number of aliphatic hydroxyl groups excluding tert-OH is 1. The molecule has 0 aliphatic carbocycles. The zero-order valence-electron chi connectivity index (χ0n) is 7.77. The topological polar surface area (TPSA) is 81.3 Å². The third kappa shape index (κ3) is 2.31. The van der Waals surface area contributed by atoms with Crippen LogP contribution in [0.15, 0.2) is 6.20 Å². The molecule has 14 heavy (non-hydrogen) atoms. The van der Waals surface area contributed by atoms with Crippen LogP contribution in [-0.2, 0) is 0 Å². The summed E-state index contributed by atoms with van der Waals surface area (Å²) in [5.74, 6) is -0.278. The van der Waals surface area contributed by atoms with Crippen LogP contribution in [0.25, 0.3) is 0 Å². The molecule has 0 saturated carbocycles. The number of hydrogen-bond acceptors (Lipinski definition) is 5. The number of aliphatic hydroxyl groups is 1. The lowest BCUT2D eigenvalue weighted by atomic mass is 10.1. The summed E-state index contributed by atoms with van der Waals surface area (Å²) in [6, 6.07) is 0.219. The Hall–Kier alpha value is -0.910. The minimum Gasteiger partial charge on any atom is -0.467 e. The van der Waals surface area contributed by atoms with Crippen molar-refractivity contribution in [3.05, 3.63) is 16.9 Å². The molecule has 0 aromatic carbocycles. The molecule has 1 aromatic heterocycles. The monoisotopic (exact) mass is 217 g/mol. The van der Waals surface area contributed by atoms with Crippen molar-refractivity contribution in [2.45, 2.75) is 5.92 Å². The van der Waals surface area contributed by atoms with E-state index in [0.29, 0.717) is 10.7 Å². The number of nitrogens with two attached hydrogens (primary N) is 1. The maximum Gasteiger partial charge on any atom is 0.316 e. The third-order valence-electron chi connectivity index (χ3n) is 1.82. The Kier molecular flexibility index (Phi) is 4.06. The molecule has 0 saturated heterocycles. The van der Waals surface area contributed by atoms with Crippen LogP contribution in [0.4, 0.5) is 0 Å². The van der Waals surface area contributed by atoms with Crippen LogP contribution in [0.1, 0.15) is 11.6 Å². The molecule has 0 aliphatic rings. The molecule has 5 nitrogen and oxygen atoms in total. The first-order valence-corrected chi connectivity index (χ1v) is 4.48. The number of rotatable bonds is 4. The second-order valence-corrected chi connectivity index (χ2v) is 3.11. The Morgan fingerprint density at radius 3 is 2.93 bits per heavy atom. The van der Waals surface area contributed by atoms with Gasteiger partial charge in [-0.1, -0.05) is 11.6 Å². The van der Waals surface area contributed by atoms with Crippen LogP contribution < -0.4 is 10.5 Å². The Bertz CT molecular complexity index is 305. The van der Waals surface area contributed by atoms with E-state index in [2.05, 4.69) is 9.97 Å². The second-order valence-electron chi connectivity index (χ2n) is 2.71. The van der Waals surface area contributed by atoms with Gasteiger partial charge >= 0.3 is 6.01 Å². The van der Waals surface area contributed by atoms with Crippen LogP contribution in [-0.4, -0.2) is 35.3 Å². The van der Waals surface area contributed by atoms with E-state index in [1.807, 2.05) is 0 Å². The van der Waals surface area contributed by atoms with E-state index in [1.54, 1.807) is 0 Å². The average Bonchev–Trinajstić information content (AvgIpc) is 2.22. The summed E-state index contributed by atoms with van der Waals surface area (Å²) in [5, 5.41) is 9.41. The maximum atomic E-state index is 9.03. The number of methoxy groups -OCH3 is 1. The van der Waals surface area contributed by atoms with Gasteiger partial charge in [-0.25, -0.2) is 4.98 Å². The van der Waals surface area contributed by atoms with Gasteiger partial charge in [0.1, 0.15) is 0 Å². The lowest BCUT2D eigenvalue weighted by Crippen LogP contribution is -2.18. The van der Waals surface area contributed by atoms with Gasteiger partial charge in [-0.2, -0.15) is 4.98 Å². The Morgan fingerprint density at radius 1 is 1.71 bits per heavy atom. The lowest BCUT2D eigenvalue weighted by Gasteiger charge is -2.12. The molecular weight excluding hydrogens is 206 g/mol. The minimum absolute atomic E-state index is 0.101. The molecule has 0 fully saturated rings. The maximum absolute atomic E-state index is 9.03. The van der Waals surface area contributed by atoms with Crippen LogP contribution >= 0.6 is 11.6 Å². The van der Waals surface area contributed by atoms with E-state index in [9.17, 15) is 0 Å². The second kappa shape index (κ2) is 5.09. The lowest BCUT2D eigenvalue weighted by molar-refractivity contribution is 0.264. The fraction of sp³-hybridized carbons (Fsp3) is 0.500. The van der Waals surface area contributed by atoms with E-state index < -0.39 is 0 Å². The van der Waals surface area contributed by atoms with E-state index in [4.69, 9.17) is 27.2 Å². The van der Waals surface area contributed by atoms with Crippen LogP contribution in [0.2, 0.25) is 5.02 Å². The molecule has 0 bridgehead atoms. The molecule has 3 N–H and O–H groups in total. The first kappa shape index (κ1) is 11.2. The van der Waals surface area contributed by atoms with Crippen molar-refractivity contribution in [1.82, 2.24) is 9.97 Å². The smallest absolute Gasteiger partial charge is 0.316 e. The molecule has 1 heterocycles. The highest BCUT2D eigenvalue weighted by Crippen LogP contribution is 2.22. The number of hydrogen-bond donors (Lipinski definition) is 2. The first-order chi connectivity index (χ1) is 6.72. The van der Waals surface area contributed by atoms with Crippen molar-refractivity contribution in [1.29, 1.82) is 0 Å². The number of aromatic nitrogens is 2. The highest BCUT2D eigenvalue weighted by atomic mass is 35.5. The SMILES string of the molecule is COc1ncc(Cl)c(C(CN)CO)n1. The summed E-state index contributed by atoms with van der Waals surface area (Å²) in [7, 11) is 1.46. The van der Waals surface area contributed by atoms with Crippen LogP contribution in [0, 0.1) is 0 Å². The molecule has 1 unspecified atom stereocenters. The summed E-state index contributed by atoms with van der Waals surface area (Å²) in [6.07, 6.45) is 1.43. The molecule has 1 aromatic rings. The molecule has 0 radical (unpaired) electrons. The largest absolute Gasteiger partial charge is 0.467 e. The summed E-state index contributed by atoms with van der Waals surface area (Å²) in [5.41, 5.74) is 5.97. The quantitative estimate of drug-likeness (QED) is 0.752. The van der Waals surface area contributed by atoms with Gasteiger partial charge in [-0.15, -0.1) is 0 Å². The van der Waals surface area contributed by atoms with Crippen molar-refractivity contribution in [3.63, 3.8) is 0 Å². The predicted octanol–water partition coefficient (Wildman–Crippen LogP) is 0.173. The van der Waals surface area contributed by atoms with Crippen molar-refractivity contribution < 1.29 is 9.84 Å². The zero-order chi connectivity index (χ0) is 10.6. The van der Waals surface area contributed by atoms with Crippen LogP contribution in [0.3, 0.4) is 0 Å². The Balaban J connectivity index is 3.04. The Morgan fingerprint density at radius 2 is 2.43 bits per heavy atom. The molecule has 0 aliphatic heterocycles. The summed E-state index contributed by atoms with van der Waals surface area (Å²) in [4.78, 5) is 7.85. The number of nitrogens with zero attached hydrogens (tertiary/aromatic N) is 2. The Labute approximate surface area is 86.9 Å². The van der Waals surface area contributed by atoms with Crippen molar-refractivity contribution in [2.75, 3.05) is 20.3 Å². The van der Waals surface area contributed by atoms with Gasteiger partial charge in [0, 0.05) is 12.5 Å². The highest BCUT2D eigenvalue weighted by molar-refractivity contribution is 6.31. The standard InChI is InChI=1S/C8H12ClN3O2/c1-14-8-11-3-6(9)7(12-8)5(2-10)4-13/h3,5,13H,2,4,10H2,1H3. The fourth-order valence-corrected chi connectivity index (χ4v) is 1.27. The summed E-state index contributed by atoms with van der Waals surface area (Å²) < 4.78 is 4.85. The van der Waals surface area contributed by atoms with Gasteiger partial charge in [0.25, 0.3) is 0 Å². The van der Waals surface area contributed by atoms with Gasteiger partial charge < -0.3 is 15.6 Å². The molecule has 0 amide bonds. The fourth-order valence-electron chi connectivity index (χ4n) is 1.02. The normalized spacial score (nSPS) is 12.6. The van der Waals surface area contributed by atoms with Gasteiger partial charge in [-0.05, 0) is 0 Å². The van der Waals surface area contributed by atoms with Crippen LogP contribution in [0.5, 0.6) is 6.01 Å². The molecule has 78 valence electrons. The molecule has 1 rings (SSSR count). The predicted molar refractivity (Wildman–Crippen MR) is 52.5 cm³/mol. The average molecular weight is 218 g/mol. The van der Waals surface area contributed by atoms with Gasteiger partial charge in [0.05, 0.1) is 30.6 Å². The minimum atomic E-state index is -0.278. The molecule has 1 atom stereocenters.